The third-order valence-electron chi connectivity index (χ3n) is 9.50. The van der Waals surface area contributed by atoms with Crippen molar-refractivity contribution in [1.29, 1.82) is 0 Å². The Morgan fingerprint density at radius 1 is 1.04 bits per heavy atom. The molecule has 5 heterocycles. The molecular formula is C36H38ClN7O7S. The van der Waals surface area contributed by atoms with E-state index in [-0.39, 0.29) is 61.9 Å². The van der Waals surface area contributed by atoms with Crippen molar-refractivity contribution in [3.05, 3.63) is 91.8 Å². The van der Waals surface area contributed by atoms with Crippen molar-refractivity contribution in [1.82, 2.24) is 30.3 Å². The van der Waals surface area contributed by atoms with Crippen LogP contribution in [0.25, 0.3) is 5.00 Å². The lowest BCUT2D eigenvalue weighted by Gasteiger charge is -2.33. The lowest BCUT2D eigenvalue weighted by Crippen LogP contribution is -2.57. The minimum Gasteiger partial charge on any atom is -0.490 e. The van der Waals surface area contributed by atoms with E-state index in [1.807, 2.05) is 35.8 Å². The topological polar surface area (TPSA) is 180 Å². The summed E-state index contributed by atoms with van der Waals surface area (Å²) in [5, 5.41) is 37.4. The number of hydrogen-bond donors (Lipinski definition) is 4. The minimum atomic E-state index is -1.34. The van der Waals surface area contributed by atoms with Crippen LogP contribution >= 0.6 is 22.9 Å². The van der Waals surface area contributed by atoms with E-state index in [1.54, 1.807) is 23.5 Å². The normalized spacial score (nSPS) is 20.2. The molecule has 52 heavy (non-hydrogen) atoms. The molecule has 4 atom stereocenters. The van der Waals surface area contributed by atoms with Gasteiger partial charge in [0.2, 0.25) is 5.91 Å². The molecule has 2 aromatic carbocycles. The number of aliphatic hydroxyl groups is 2. The highest BCUT2D eigenvalue weighted by Gasteiger charge is 2.46. The quantitative estimate of drug-likeness (QED) is 0.0954. The fourth-order valence-electron chi connectivity index (χ4n) is 6.79. The molecule has 16 heteroatoms. The van der Waals surface area contributed by atoms with Crippen molar-refractivity contribution in [3.8, 4) is 10.8 Å². The van der Waals surface area contributed by atoms with Gasteiger partial charge in [-0.15, -0.1) is 21.5 Å². The number of nitrogens with zero attached hydrogens (tertiary/aromatic N) is 5. The van der Waals surface area contributed by atoms with Gasteiger partial charge in [-0.05, 0) is 57.0 Å². The number of rotatable bonds is 12. The largest absolute Gasteiger partial charge is 0.490 e. The second-order valence-electron chi connectivity index (χ2n) is 12.8. The number of nitrogens with one attached hydrogen (secondary N) is 2. The Labute approximate surface area is 308 Å². The number of halogens is 1. The van der Waals surface area contributed by atoms with Crippen molar-refractivity contribution in [2.24, 2.45) is 4.99 Å². The van der Waals surface area contributed by atoms with Gasteiger partial charge in [-0.25, -0.2) is 0 Å². The van der Waals surface area contributed by atoms with Crippen LogP contribution in [0.2, 0.25) is 5.02 Å². The Kier molecular flexibility index (Phi) is 10.2. The molecule has 4 N–H and O–H groups in total. The maximum atomic E-state index is 13.3. The number of ether oxygens (including phenoxy) is 2. The second kappa shape index (κ2) is 14.8. The summed E-state index contributed by atoms with van der Waals surface area (Å²) in [7, 11) is 0. The maximum absolute atomic E-state index is 13.3. The average Bonchev–Trinajstić information content (AvgIpc) is 3.69. The van der Waals surface area contributed by atoms with Crippen molar-refractivity contribution in [2.45, 2.75) is 64.6 Å². The first-order chi connectivity index (χ1) is 25.0. The summed E-state index contributed by atoms with van der Waals surface area (Å²) in [4.78, 5) is 45.4. The molecule has 3 aliphatic heterocycles. The summed E-state index contributed by atoms with van der Waals surface area (Å²) in [6.45, 7) is 6.97. The van der Waals surface area contributed by atoms with Crippen molar-refractivity contribution in [3.63, 3.8) is 0 Å². The molecule has 2 aromatic heterocycles. The highest BCUT2D eigenvalue weighted by molar-refractivity contribution is 7.15. The maximum Gasteiger partial charge on any atom is 0.265 e. The van der Waals surface area contributed by atoms with Crippen molar-refractivity contribution in [2.75, 3.05) is 26.4 Å². The molecule has 3 amide bonds. The summed E-state index contributed by atoms with van der Waals surface area (Å²) in [5.41, 5.74) is 4.16. The highest BCUT2D eigenvalue weighted by Crippen LogP contribution is 2.40. The molecular weight excluding hydrogens is 710 g/mol. The van der Waals surface area contributed by atoms with Crippen LogP contribution in [0.3, 0.4) is 0 Å². The first kappa shape index (κ1) is 35.9. The van der Waals surface area contributed by atoms with Gasteiger partial charge in [-0.3, -0.25) is 34.2 Å². The van der Waals surface area contributed by atoms with Gasteiger partial charge in [-0.2, -0.15) is 0 Å². The number of amides is 3. The van der Waals surface area contributed by atoms with Crippen LogP contribution in [0.1, 0.15) is 79.2 Å². The van der Waals surface area contributed by atoms with E-state index < -0.39 is 36.4 Å². The molecule has 4 aromatic rings. The number of fused-ring (bicyclic) bond motifs is 4. The van der Waals surface area contributed by atoms with Gasteiger partial charge in [0, 0.05) is 40.4 Å². The minimum absolute atomic E-state index is 0.0969. The number of thiophene rings is 1. The molecule has 0 saturated carbocycles. The van der Waals surface area contributed by atoms with Crippen molar-refractivity contribution < 1.29 is 34.1 Å². The summed E-state index contributed by atoms with van der Waals surface area (Å²) in [6, 6.07) is 11.0. The third kappa shape index (κ3) is 6.75. The van der Waals surface area contributed by atoms with E-state index in [1.165, 1.54) is 10.9 Å². The van der Waals surface area contributed by atoms with Crippen LogP contribution in [0.4, 0.5) is 0 Å². The monoisotopic (exact) mass is 747 g/mol. The molecule has 1 fully saturated rings. The summed E-state index contributed by atoms with van der Waals surface area (Å²) >= 11 is 7.88. The van der Waals surface area contributed by atoms with Crippen molar-refractivity contribution >= 4 is 46.4 Å². The Morgan fingerprint density at radius 2 is 1.83 bits per heavy atom. The van der Waals surface area contributed by atoms with Crippen LogP contribution in [0.5, 0.6) is 5.75 Å². The van der Waals surface area contributed by atoms with Crippen LogP contribution < -0.4 is 15.4 Å². The number of aliphatic imine (C=N–C) groups is 1. The predicted octanol–water partition coefficient (Wildman–Crippen LogP) is 3.39. The number of benzene rings is 2. The zero-order valence-electron chi connectivity index (χ0n) is 28.8. The molecule has 0 radical (unpaired) electrons. The number of piperidine rings is 1. The number of aromatic nitrogens is 3. The molecule has 3 unspecified atom stereocenters. The van der Waals surface area contributed by atoms with Gasteiger partial charge in [0.25, 0.3) is 11.8 Å². The SMILES string of the molecule is Cc1sc2c(c1C)C(c1ccc(Cl)cc1)=N[C@@H](CC(O)NCCOCCOc1cccc3c1C(=O)N(C1CCC(=O)NC1O)C3=O)c1nnc(C)n1-2. The van der Waals surface area contributed by atoms with Crippen LogP contribution in [-0.2, 0) is 9.53 Å². The predicted molar refractivity (Wildman–Crippen MR) is 192 cm³/mol. The van der Waals surface area contributed by atoms with E-state index in [9.17, 15) is 24.6 Å². The number of aryl methyl sites for hydroxylation is 2. The van der Waals surface area contributed by atoms with Crippen LogP contribution in [0, 0.1) is 20.8 Å². The number of aliphatic hydroxyl groups excluding tert-OH is 2. The summed E-state index contributed by atoms with van der Waals surface area (Å²) in [6.07, 6.45) is -1.77. The Hall–Kier alpha value is -4.51. The molecule has 7 rings (SSSR count). The third-order valence-corrected chi connectivity index (χ3v) is 10.9. The first-order valence-corrected chi connectivity index (χ1v) is 18.2. The van der Waals surface area contributed by atoms with E-state index in [4.69, 9.17) is 26.1 Å². The average molecular weight is 748 g/mol. The molecule has 0 spiro atoms. The smallest absolute Gasteiger partial charge is 0.265 e. The Balaban J connectivity index is 0.945. The molecule has 3 aliphatic rings. The van der Waals surface area contributed by atoms with E-state index in [2.05, 4.69) is 34.7 Å². The van der Waals surface area contributed by atoms with Gasteiger partial charge in [0.05, 0.1) is 36.1 Å². The lowest BCUT2D eigenvalue weighted by atomic mass is 9.99. The first-order valence-electron chi connectivity index (χ1n) is 17.0. The Bertz CT molecular complexity index is 2060. The molecule has 14 nitrogen and oxygen atoms in total. The fraction of sp³-hybridized carbons (Fsp3) is 0.389. The zero-order valence-corrected chi connectivity index (χ0v) is 30.3. The standard InChI is InChI=1S/C36H38ClN7O7S/c1-18-19(2)52-36-29(18)31(21-7-9-22(37)10-8-21)39-24(32-42-41-20(3)43(32)36)17-28(46)38-13-14-50-15-16-51-26-6-4-5-23-30(26)35(49)44(34(23)48)25-11-12-27(45)40-33(25)47/h4-10,24-25,28,33,38,46-47H,11-17H2,1-3H3,(H,40,45)/t24-,25?,28?,33?/m0/s1. The van der Waals surface area contributed by atoms with Gasteiger partial charge in [0.1, 0.15) is 41.7 Å². The zero-order chi connectivity index (χ0) is 36.7. The molecule has 1 saturated heterocycles. The van der Waals surface area contributed by atoms with E-state index in [0.717, 1.165) is 38.1 Å². The van der Waals surface area contributed by atoms with Gasteiger partial charge >= 0.3 is 0 Å². The highest BCUT2D eigenvalue weighted by atomic mass is 35.5. The number of hydrogen-bond acceptors (Lipinski definition) is 12. The summed E-state index contributed by atoms with van der Waals surface area (Å²) in [5.74, 6) is 0.154. The number of imide groups is 1. The number of carbonyl (C=O) groups is 3. The van der Waals surface area contributed by atoms with E-state index in [0.29, 0.717) is 17.4 Å². The van der Waals surface area contributed by atoms with Crippen LogP contribution in [0.15, 0.2) is 47.5 Å². The van der Waals surface area contributed by atoms with Gasteiger partial charge in [0.15, 0.2) is 5.82 Å². The molecule has 272 valence electrons. The summed E-state index contributed by atoms with van der Waals surface area (Å²) < 4.78 is 13.6. The lowest BCUT2D eigenvalue weighted by molar-refractivity contribution is -0.129. The fourth-order valence-corrected chi connectivity index (χ4v) is 8.13. The van der Waals surface area contributed by atoms with E-state index >= 15 is 0 Å². The number of carbonyl (C=O) groups excluding carboxylic acids is 3. The van der Waals surface area contributed by atoms with Gasteiger partial charge in [-0.1, -0.05) is 29.8 Å². The van der Waals surface area contributed by atoms with Crippen LogP contribution in [-0.4, -0.2) is 98.2 Å². The molecule has 0 aliphatic carbocycles. The molecule has 0 bridgehead atoms. The van der Waals surface area contributed by atoms with Gasteiger partial charge < -0.3 is 25.0 Å². The second-order valence-corrected chi connectivity index (χ2v) is 14.5. The Morgan fingerprint density at radius 3 is 2.60 bits per heavy atom.